The van der Waals surface area contributed by atoms with Crippen LogP contribution >= 0.6 is 0 Å². The first-order chi connectivity index (χ1) is 20.8. The Labute approximate surface area is 251 Å². The molecule has 1 N–H and O–H groups in total. The topological polar surface area (TPSA) is 114 Å². The van der Waals surface area contributed by atoms with Crippen LogP contribution in [0.3, 0.4) is 0 Å². The normalized spacial score (nSPS) is 14.6. The fraction of sp³-hybridized carbons (Fsp3) is 0.355. The first-order valence-corrected chi connectivity index (χ1v) is 15.4. The molecule has 0 spiro atoms. The molecule has 4 rings (SSSR count). The Balaban J connectivity index is 1.53. The minimum Gasteiger partial charge on any atom is -0.484 e. The molecule has 1 saturated heterocycles. The third kappa shape index (κ3) is 9.07. The van der Waals surface area contributed by atoms with Crippen molar-refractivity contribution in [3.05, 3.63) is 95.8 Å². The van der Waals surface area contributed by atoms with Crippen LogP contribution in [0, 0.1) is 5.82 Å². The maximum Gasteiger partial charge on any atom is 0.261 e. The summed E-state index contributed by atoms with van der Waals surface area (Å²) in [4.78, 5) is 28.6. The van der Waals surface area contributed by atoms with Gasteiger partial charge < -0.3 is 24.4 Å². The van der Waals surface area contributed by atoms with E-state index in [9.17, 15) is 22.4 Å². The summed E-state index contributed by atoms with van der Waals surface area (Å²) in [5, 5.41) is 2.83. The van der Waals surface area contributed by atoms with Gasteiger partial charge in [-0.05, 0) is 47.5 Å². The molecule has 1 fully saturated rings. The lowest BCUT2D eigenvalue weighted by molar-refractivity contribution is -0.142. The predicted molar refractivity (Wildman–Crippen MR) is 157 cm³/mol. The van der Waals surface area contributed by atoms with Crippen molar-refractivity contribution in [2.75, 3.05) is 53.2 Å². The van der Waals surface area contributed by atoms with Crippen LogP contribution in [0.2, 0.25) is 0 Å². The van der Waals surface area contributed by atoms with Crippen molar-refractivity contribution < 1.29 is 36.6 Å². The third-order valence-corrected chi connectivity index (χ3v) is 8.85. The van der Waals surface area contributed by atoms with E-state index in [1.165, 1.54) is 52.7 Å². The Morgan fingerprint density at radius 2 is 1.65 bits per heavy atom. The molecule has 0 aliphatic carbocycles. The van der Waals surface area contributed by atoms with Crippen LogP contribution < -0.4 is 10.1 Å². The zero-order valence-electron chi connectivity index (χ0n) is 24.0. The summed E-state index contributed by atoms with van der Waals surface area (Å²) in [6.45, 7) is 1.43. The van der Waals surface area contributed by atoms with E-state index in [0.29, 0.717) is 31.1 Å². The summed E-state index contributed by atoms with van der Waals surface area (Å²) < 4.78 is 56.9. The second kappa shape index (κ2) is 15.6. The Hall–Kier alpha value is -3.84. The van der Waals surface area contributed by atoms with Gasteiger partial charge in [0.05, 0.1) is 24.7 Å². The molecule has 0 aromatic heterocycles. The van der Waals surface area contributed by atoms with E-state index in [-0.39, 0.29) is 43.4 Å². The zero-order chi connectivity index (χ0) is 30.7. The molecule has 1 aliphatic rings. The summed E-state index contributed by atoms with van der Waals surface area (Å²) in [5.41, 5.74) is 1.49. The lowest BCUT2D eigenvalue weighted by Gasteiger charge is -2.31. The standard InChI is InChI=1S/C31H36FN3O7S/c1-40-18-15-33-31(37)29(21-24-5-3-2-4-6-24)35(22-25-7-9-26(32)10-8-25)30(36)23-42-27-11-13-28(14-12-27)43(38,39)34-16-19-41-20-17-34/h2-14,29H,15-23H2,1H3,(H,33,37)/t29-/m0/s1. The van der Waals surface area contributed by atoms with Gasteiger partial charge >= 0.3 is 0 Å². The minimum absolute atomic E-state index is 0.0361. The fourth-order valence-corrected chi connectivity index (χ4v) is 6.01. The van der Waals surface area contributed by atoms with E-state index < -0.39 is 34.4 Å². The molecule has 0 saturated carbocycles. The van der Waals surface area contributed by atoms with Gasteiger partial charge in [-0.1, -0.05) is 42.5 Å². The van der Waals surface area contributed by atoms with Crippen LogP contribution in [0.1, 0.15) is 11.1 Å². The highest BCUT2D eigenvalue weighted by atomic mass is 32.2. The number of hydrogen-bond donors (Lipinski definition) is 1. The van der Waals surface area contributed by atoms with Gasteiger partial charge in [0.25, 0.3) is 5.91 Å². The van der Waals surface area contributed by atoms with Crippen molar-refractivity contribution in [1.29, 1.82) is 0 Å². The summed E-state index contributed by atoms with van der Waals surface area (Å²) in [6.07, 6.45) is 0.237. The van der Waals surface area contributed by atoms with Crippen molar-refractivity contribution in [1.82, 2.24) is 14.5 Å². The summed E-state index contributed by atoms with van der Waals surface area (Å²) >= 11 is 0. The number of hydrogen-bond acceptors (Lipinski definition) is 7. The van der Waals surface area contributed by atoms with Gasteiger partial charge in [-0.15, -0.1) is 0 Å². The van der Waals surface area contributed by atoms with Crippen LogP contribution in [-0.4, -0.2) is 88.7 Å². The number of ether oxygens (including phenoxy) is 3. The highest BCUT2D eigenvalue weighted by molar-refractivity contribution is 7.89. The van der Waals surface area contributed by atoms with Gasteiger partial charge in [0.2, 0.25) is 15.9 Å². The molecule has 0 bridgehead atoms. The molecule has 3 aromatic carbocycles. The van der Waals surface area contributed by atoms with Crippen molar-refractivity contribution >= 4 is 21.8 Å². The molecule has 1 aliphatic heterocycles. The molecule has 1 atom stereocenters. The highest BCUT2D eigenvalue weighted by Gasteiger charge is 2.31. The molecule has 2 amide bonds. The minimum atomic E-state index is -3.68. The molecule has 1 heterocycles. The number of sulfonamides is 1. The monoisotopic (exact) mass is 613 g/mol. The smallest absolute Gasteiger partial charge is 0.261 e. The number of nitrogens with one attached hydrogen (secondary N) is 1. The highest BCUT2D eigenvalue weighted by Crippen LogP contribution is 2.21. The van der Waals surface area contributed by atoms with E-state index >= 15 is 0 Å². The first kappa shape index (κ1) is 32.1. The van der Waals surface area contributed by atoms with Crippen LogP contribution in [0.4, 0.5) is 4.39 Å². The van der Waals surface area contributed by atoms with E-state index in [1.807, 2.05) is 30.3 Å². The van der Waals surface area contributed by atoms with Crippen LogP contribution in [-0.2, 0) is 42.1 Å². The van der Waals surface area contributed by atoms with Crippen molar-refractivity contribution in [3.63, 3.8) is 0 Å². The maximum atomic E-state index is 13.7. The van der Waals surface area contributed by atoms with Gasteiger partial charge in [-0.2, -0.15) is 4.31 Å². The van der Waals surface area contributed by atoms with Crippen LogP contribution in [0.15, 0.2) is 83.8 Å². The Morgan fingerprint density at radius 3 is 2.30 bits per heavy atom. The number of methoxy groups -OCH3 is 1. The largest absolute Gasteiger partial charge is 0.484 e. The molecule has 3 aromatic rings. The Bertz CT molecular complexity index is 1430. The van der Waals surface area contributed by atoms with Crippen molar-refractivity contribution in [2.24, 2.45) is 0 Å². The maximum absolute atomic E-state index is 13.7. The van der Waals surface area contributed by atoms with E-state index in [1.54, 1.807) is 12.1 Å². The lowest BCUT2D eigenvalue weighted by atomic mass is 10.0. The van der Waals surface area contributed by atoms with Gasteiger partial charge in [-0.25, -0.2) is 12.8 Å². The van der Waals surface area contributed by atoms with Gasteiger partial charge in [-0.3, -0.25) is 9.59 Å². The number of carbonyl (C=O) groups excluding carboxylic acids is 2. The predicted octanol–water partition coefficient (Wildman–Crippen LogP) is 2.63. The van der Waals surface area contributed by atoms with Crippen molar-refractivity contribution in [2.45, 2.75) is 23.9 Å². The van der Waals surface area contributed by atoms with E-state index in [2.05, 4.69) is 5.32 Å². The van der Waals surface area contributed by atoms with Gasteiger partial charge in [0, 0.05) is 39.7 Å². The van der Waals surface area contributed by atoms with E-state index in [4.69, 9.17) is 14.2 Å². The van der Waals surface area contributed by atoms with Gasteiger partial charge in [0.1, 0.15) is 17.6 Å². The third-order valence-electron chi connectivity index (χ3n) is 6.94. The number of halogens is 1. The Kier molecular flexibility index (Phi) is 11.6. The number of benzene rings is 3. The Morgan fingerprint density at radius 1 is 0.977 bits per heavy atom. The molecular formula is C31H36FN3O7S. The molecule has 0 unspecified atom stereocenters. The number of carbonyl (C=O) groups is 2. The van der Waals surface area contributed by atoms with E-state index in [0.717, 1.165) is 5.56 Å². The number of nitrogens with zero attached hydrogens (tertiary/aromatic N) is 2. The quantitative estimate of drug-likeness (QED) is 0.278. The number of morpholine rings is 1. The van der Waals surface area contributed by atoms with Crippen LogP contribution in [0.5, 0.6) is 5.75 Å². The summed E-state index contributed by atoms with van der Waals surface area (Å²) in [5.74, 6) is -0.964. The molecule has 10 nitrogen and oxygen atoms in total. The zero-order valence-corrected chi connectivity index (χ0v) is 24.8. The molecule has 230 valence electrons. The summed E-state index contributed by atoms with van der Waals surface area (Å²) in [7, 11) is -2.15. The lowest BCUT2D eigenvalue weighted by Crippen LogP contribution is -2.52. The molecule has 43 heavy (non-hydrogen) atoms. The summed E-state index contributed by atoms with van der Waals surface area (Å²) in [6, 6.07) is 20.0. The number of amides is 2. The molecule has 0 radical (unpaired) electrons. The first-order valence-electron chi connectivity index (χ1n) is 13.9. The average molecular weight is 614 g/mol. The second-order valence-corrected chi connectivity index (χ2v) is 11.9. The second-order valence-electron chi connectivity index (χ2n) is 9.91. The SMILES string of the molecule is COCCNC(=O)[C@H](Cc1ccccc1)N(Cc1ccc(F)cc1)C(=O)COc1ccc(S(=O)(=O)N2CCOCC2)cc1. The van der Waals surface area contributed by atoms with Crippen molar-refractivity contribution in [3.8, 4) is 5.75 Å². The number of rotatable bonds is 14. The average Bonchev–Trinajstić information content (AvgIpc) is 3.03. The fourth-order valence-electron chi connectivity index (χ4n) is 4.61. The van der Waals surface area contributed by atoms with Crippen LogP contribution in [0.25, 0.3) is 0 Å². The molecular weight excluding hydrogens is 577 g/mol. The van der Waals surface area contributed by atoms with Gasteiger partial charge in [0.15, 0.2) is 6.61 Å². The molecule has 12 heteroatoms.